The predicted octanol–water partition coefficient (Wildman–Crippen LogP) is 22.3. The zero-order valence-electron chi connectivity index (χ0n) is 63.6. The van der Waals surface area contributed by atoms with Crippen LogP contribution in [-0.2, 0) is 65.4 Å². The number of unbranched alkanes of at least 4 members (excludes halogenated alkanes) is 10. The van der Waals surface area contributed by atoms with Gasteiger partial charge in [0, 0.05) is 19.3 Å². The van der Waals surface area contributed by atoms with Crippen LogP contribution in [0.5, 0.6) is 0 Å². The maximum Gasteiger partial charge on any atom is 0.472 e. The van der Waals surface area contributed by atoms with Crippen LogP contribution in [0.3, 0.4) is 0 Å². The topological polar surface area (TPSA) is 237 Å². The molecule has 0 aromatic heterocycles. The van der Waals surface area contributed by atoms with Gasteiger partial charge in [-0.05, 0) is 161 Å². The largest absolute Gasteiger partial charge is 0.472 e. The lowest BCUT2D eigenvalue weighted by Gasteiger charge is -2.21. The average Bonchev–Trinajstić information content (AvgIpc) is 0.911. The molecule has 3 N–H and O–H groups in total. The Morgan fingerprint density at radius 2 is 0.548 bits per heavy atom. The predicted molar refractivity (Wildman–Crippen MR) is 426 cm³/mol. The second-order valence-electron chi connectivity index (χ2n) is 24.5. The quantitative estimate of drug-likeness (QED) is 0.0169. The number of rotatable bonds is 69. The molecule has 0 bridgehead atoms. The van der Waals surface area contributed by atoms with Crippen LogP contribution in [0.2, 0.25) is 0 Å². The molecule has 17 nitrogen and oxygen atoms in total. The molecule has 5 atom stereocenters. The zero-order chi connectivity index (χ0) is 76.0. The fraction of sp³-hybridized carbons (Fsp3) is 0.553. The monoisotopic (exact) mass is 1490 g/mol. The molecule has 584 valence electrons. The Bertz CT molecular complexity index is 2790. The molecule has 5 unspecified atom stereocenters. The van der Waals surface area contributed by atoms with Gasteiger partial charge in [-0.25, -0.2) is 9.13 Å². The first-order valence-corrected chi connectivity index (χ1v) is 41.3. The van der Waals surface area contributed by atoms with Crippen molar-refractivity contribution in [3.63, 3.8) is 0 Å². The van der Waals surface area contributed by atoms with Crippen LogP contribution in [0, 0.1) is 0 Å². The summed E-state index contributed by atoms with van der Waals surface area (Å²) in [4.78, 5) is 72.8. The molecule has 0 radical (unpaired) electrons. The van der Waals surface area contributed by atoms with E-state index in [1.54, 1.807) is 12.2 Å². The van der Waals surface area contributed by atoms with Crippen molar-refractivity contribution in [1.29, 1.82) is 0 Å². The molecule has 0 aromatic carbocycles. The molecule has 0 aromatic rings. The summed E-state index contributed by atoms with van der Waals surface area (Å²) in [6.45, 7) is 4.18. The number of aliphatic hydroxyl groups excluding tert-OH is 1. The summed E-state index contributed by atoms with van der Waals surface area (Å²) in [5, 5.41) is 10.6. The molecule has 0 saturated heterocycles. The Morgan fingerprint density at radius 3 is 0.904 bits per heavy atom. The van der Waals surface area contributed by atoms with Crippen LogP contribution in [0.4, 0.5) is 0 Å². The maximum absolute atomic E-state index is 13.1. The molecule has 0 aliphatic rings. The van der Waals surface area contributed by atoms with E-state index in [-0.39, 0.29) is 25.7 Å². The van der Waals surface area contributed by atoms with Crippen molar-refractivity contribution in [1.82, 2.24) is 0 Å². The second-order valence-corrected chi connectivity index (χ2v) is 27.4. The molecule has 19 heteroatoms. The third kappa shape index (κ3) is 73.9. The van der Waals surface area contributed by atoms with Gasteiger partial charge in [0.05, 0.1) is 32.8 Å². The van der Waals surface area contributed by atoms with Crippen molar-refractivity contribution < 1.29 is 80.2 Å². The first-order chi connectivity index (χ1) is 50.7. The number of hydrogen-bond donors (Lipinski definition) is 3. The highest BCUT2D eigenvalue weighted by molar-refractivity contribution is 7.47. The minimum atomic E-state index is -5.02. The van der Waals surface area contributed by atoms with Gasteiger partial charge in [0.2, 0.25) is 0 Å². The van der Waals surface area contributed by atoms with Crippen molar-refractivity contribution in [2.75, 3.05) is 39.6 Å². The van der Waals surface area contributed by atoms with E-state index in [0.717, 1.165) is 161 Å². The van der Waals surface area contributed by atoms with Gasteiger partial charge >= 0.3 is 39.5 Å². The van der Waals surface area contributed by atoms with Crippen molar-refractivity contribution in [3.8, 4) is 0 Å². The Labute approximate surface area is 627 Å². The Kier molecular flexibility index (Phi) is 70.3. The average molecular weight is 1490 g/mol. The number of carbonyl (C=O) groups is 4. The molecule has 0 heterocycles. The van der Waals surface area contributed by atoms with Gasteiger partial charge in [-0.3, -0.25) is 37.3 Å². The number of aliphatic hydroxyl groups is 1. The van der Waals surface area contributed by atoms with Crippen LogP contribution in [0.25, 0.3) is 0 Å². The van der Waals surface area contributed by atoms with E-state index in [1.165, 1.54) is 0 Å². The molecular weight excluding hydrogens is 1350 g/mol. The summed E-state index contributed by atoms with van der Waals surface area (Å²) in [6.07, 6.45) is 92.9. The van der Waals surface area contributed by atoms with Crippen LogP contribution in [0.15, 0.2) is 207 Å². The molecule has 0 spiro atoms. The third-order valence-corrected chi connectivity index (χ3v) is 16.6. The van der Waals surface area contributed by atoms with Gasteiger partial charge in [0.15, 0.2) is 12.2 Å². The number of carbonyl (C=O) groups excluding carboxylic acids is 4. The molecule has 0 amide bonds. The van der Waals surface area contributed by atoms with E-state index in [0.29, 0.717) is 32.1 Å². The van der Waals surface area contributed by atoms with E-state index in [4.69, 9.17) is 37.0 Å². The number of ether oxygens (including phenoxy) is 4. The Morgan fingerprint density at radius 1 is 0.288 bits per heavy atom. The lowest BCUT2D eigenvalue weighted by atomic mass is 10.1. The van der Waals surface area contributed by atoms with Crippen LogP contribution in [0.1, 0.15) is 246 Å². The molecule has 0 aliphatic heterocycles. The highest BCUT2D eigenvalue weighted by Gasteiger charge is 2.30. The highest BCUT2D eigenvalue weighted by atomic mass is 31.2. The summed E-state index contributed by atoms with van der Waals surface area (Å²) in [7, 11) is -10.0. The SMILES string of the molecule is CC/C=C\C/C=C\C/C=C\C/C=C\C/C=C\CCCCCC(=O)OCC(COP(=O)(O)OCC(O)COP(=O)(O)OCC(COC(=O)CCC/C=C\C/C=C\C/C=C\C/C=C\C/C=C\CC)OC(=O)CCCCCCC/C=C\C/C=C\CCC)OC(=O)C/C=C\C/C=C\C/C=C\C/C=C\C/C=C\CC. The summed E-state index contributed by atoms with van der Waals surface area (Å²) < 4.78 is 68.3. The molecule has 0 aliphatic carbocycles. The third-order valence-electron chi connectivity index (χ3n) is 14.7. The first-order valence-electron chi connectivity index (χ1n) is 38.3. The van der Waals surface area contributed by atoms with Crippen LogP contribution < -0.4 is 0 Å². The van der Waals surface area contributed by atoms with Crippen molar-refractivity contribution in [2.45, 2.75) is 264 Å². The van der Waals surface area contributed by atoms with E-state index in [1.807, 2.05) is 24.3 Å². The van der Waals surface area contributed by atoms with Crippen LogP contribution in [-0.4, -0.2) is 96.7 Å². The minimum Gasteiger partial charge on any atom is -0.462 e. The lowest BCUT2D eigenvalue weighted by Crippen LogP contribution is -2.30. The summed E-state index contributed by atoms with van der Waals surface area (Å²) in [5.41, 5.74) is 0. The lowest BCUT2D eigenvalue weighted by molar-refractivity contribution is -0.161. The fourth-order valence-corrected chi connectivity index (χ4v) is 10.6. The second kappa shape index (κ2) is 74.9. The standard InChI is InChI=1S/C85H132O17P2/c1-5-9-13-17-21-25-29-33-36-38-39-41-44-47-50-54-58-62-66-70-83(88)96-76-81(102-85(90)72-68-64-60-56-52-48-42-35-31-27-23-19-15-11-7-3)78-100-104(93,94)98-74-79(86)73-97-103(91,92)99-77-80(101-84(89)71-67-63-59-55-51-45-32-28-24-20-16-12-8-4)75-95-82(87)69-65-61-57-53-49-46-43-40-37-34-30-26-22-18-14-10-6-2/h9-11,13-16,20-23,25-28,32-37,39,41-43,46-47,50,52-53,56-57,64,68,79-81,86H,5-8,12,17-19,24,29-31,38,40,44-45,48-49,51,54-55,58-63,65-67,69-78H2,1-4H3,(H,91,92)(H,93,94)/b13-9-,14-10-,15-11-,20-16-,25-21-,26-22-,27-23-,32-28-,36-33-,37-34-,41-39-,42-35-,46-43-,50-47-,56-52-,57-53-,68-64-. The van der Waals surface area contributed by atoms with E-state index < -0.39 is 97.5 Å². The minimum absolute atomic E-state index is 0.0545. The van der Waals surface area contributed by atoms with Gasteiger partial charge < -0.3 is 33.8 Å². The molecule has 0 saturated carbocycles. The first kappa shape index (κ1) is 97.6. The van der Waals surface area contributed by atoms with Gasteiger partial charge in [-0.1, -0.05) is 266 Å². The molecule has 0 rings (SSSR count). The van der Waals surface area contributed by atoms with E-state index in [2.05, 4.69) is 198 Å². The van der Waals surface area contributed by atoms with Gasteiger partial charge in [-0.2, -0.15) is 0 Å². The Balaban J connectivity index is 5.53. The molecule has 0 fully saturated rings. The molecular formula is C85H132O17P2. The van der Waals surface area contributed by atoms with E-state index in [9.17, 15) is 43.2 Å². The summed E-state index contributed by atoms with van der Waals surface area (Å²) in [6, 6.07) is 0. The van der Waals surface area contributed by atoms with Crippen molar-refractivity contribution in [3.05, 3.63) is 207 Å². The van der Waals surface area contributed by atoms with Gasteiger partial charge in [-0.15, -0.1) is 0 Å². The number of phosphoric ester groups is 2. The number of hydrogen-bond acceptors (Lipinski definition) is 15. The highest BCUT2D eigenvalue weighted by Crippen LogP contribution is 2.45. The van der Waals surface area contributed by atoms with E-state index >= 15 is 0 Å². The summed E-state index contributed by atoms with van der Waals surface area (Å²) >= 11 is 0. The zero-order valence-corrected chi connectivity index (χ0v) is 65.4. The van der Waals surface area contributed by atoms with Crippen molar-refractivity contribution in [2.24, 2.45) is 0 Å². The fourth-order valence-electron chi connectivity index (χ4n) is 9.04. The smallest absolute Gasteiger partial charge is 0.462 e. The van der Waals surface area contributed by atoms with Crippen molar-refractivity contribution >= 4 is 39.5 Å². The number of esters is 4. The van der Waals surface area contributed by atoms with Gasteiger partial charge in [0.1, 0.15) is 19.3 Å². The van der Waals surface area contributed by atoms with Gasteiger partial charge in [0.25, 0.3) is 0 Å². The van der Waals surface area contributed by atoms with Crippen LogP contribution >= 0.6 is 15.6 Å². The maximum atomic E-state index is 13.1. The Hall–Kier alpha value is -6.36. The summed E-state index contributed by atoms with van der Waals surface area (Å²) in [5.74, 6) is -2.47. The molecule has 104 heavy (non-hydrogen) atoms. The number of allylic oxidation sites excluding steroid dienone is 33. The number of phosphoric acid groups is 2. The normalized spacial score (nSPS) is 15.0.